The van der Waals surface area contributed by atoms with Crippen molar-refractivity contribution in [3.05, 3.63) is 83.8 Å². The normalized spacial score (nSPS) is 11.9. The van der Waals surface area contributed by atoms with Crippen LogP contribution in [0.2, 0.25) is 0 Å². The largest absolute Gasteiger partial charge is 0.264 e. The number of aryl methyl sites for hydroxylation is 2. The molecule has 0 aliphatic rings. The zero-order valence-electron chi connectivity index (χ0n) is 17.5. The number of sulfonamides is 1. The van der Waals surface area contributed by atoms with Gasteiger partial charge in [0, 0.05) is 35.3 Å². The molecule has 3 heterocycles. The van der Waals surface area contributed by atoms with Gasteiger partial charge in [-0.15, -0.1) is 10.2 Å². The molecule has 0 atom stereocenters. The zero-order valence-corrected chi connectivity index (χ0v) is 18.3. The molecule has 5 rings (SSSR count). The number of aromatic nitrogens is 5. The Morgan fingerprint density at radius 3 is 2.56 bits per heavy atom. The van der Waals surface area contributed by atoms with Crippen LogP contribution >= 0.6 is 0 Å². The van der Waals surface area contributed by atoms with E-state index >= 15 is 0 Å². The number of hydrogen-bond acceptors (Lipinski definition) is 6. The fraction of sp³-hybridized carbons (Fsp3) is 0.130. The van der Waals surface area contributed by atoms with Crippen molar-refractivity contribution in [2.45, 2.75) is 25.3 Å². The van der Waals surface area contributed by atoms with E-state index in [0.29, 0.717) is 22.6 Å². The Hall–Kier alpha value is -3.69. The topological polar surface area (TPSA) is 102 Å². The van der Waals surface area contributed by atoms with Gasteiger partial charge in [-0.1, -0.05) is 42.5 Å². The van der Waals surface area contributed by atoms with Gasteiger partial charge in [0.25, 0.3) is 0 Å². The molecule has 0 spiro atoms. The van der Waals surface area contributed by atoms with Crippen LogP contribution < -0.4 is 4.72 Å². The highest BCUT2D eigenvalue weighted by Gasteiger charge is 2.20. The van der Waals surface area contributed by atoms with Crippen LogP contribution in [0.1, 0.15) is 16.8 Å². The van der Waals surface area contributed by atoms with Crippen LogP contribution in [0.4, 0.5) is 0 Å². The number of fused-ring (bicyclic) bond motifs is 3. The van der Waals surface area contributed by atoms with Crippen molar-refractivity contribution in [3.63, 3.8) is 0 Å². The first-order valence-corrected chi connectivity index (χ1v) is 11.5. The van der Waals surface area contributed by atoms with Gasteiger partial charge in [0.1, 0.15) is 0 Å². The van der Waals surface area contributed by atoms with Crippen molar-refractivity contribution in [3.8, 4) is 11.4 Å². The first-order chi connectivity index (χ1) is 15.4. The van der Waals surface area contributed by atoms with E-state index in [1.165, 1.54) is 0 Å². The van der Waals surface area contributed by atoms with Gasteiger partial charge in [-0.2, -0.15) is 9.61 Å². The predicted octanol–water partition coefficient (Wildman–Crippen LogP) is 3.43. The van der Waals surface area contributed by atoms with Crippen LogP contribution in [-0.4, -0.2) is 33.2 Å². The molecule has 8 nitrogen and oxygen atoms in total. The first kappa shape index (κ1) is 20.2. The summed E-state index contributed by atoms with van der Waals surface area (Å²) in [6, 6.07) is 16.7. The maximum atomic E-state index is 13.1. The van der Waals surface area contributed by atoms with Gasteiger partial charge in [0.05, 0.1) is 10.6 Å². The fourth-order valence-corrected chi connectivity index (χ4v) is 4.99. The van der Waals surface area contributed by atoms with E-state index in [-0.39, 0.29) is 11.4 Å². The van der Waals surface area contributed by atoms with Crippen LogP contribution in [0.25, 0.3) is 27.8 Å². The van der Waals surface area contributed by atoms with Crippen molar-refractivity contribution in [1.29, 1.82) is 0 Å². The maximum Gasteiger partial charge on any atom is 0.241 e. The summed E-state index contributed by atoms with van der Waals surface area (Å²) < 4.78 is 30.4. The Kier molecular flexibility index (Phi) is 4.91. The Labute approximate surface area is 185 Å². The molecule has 0 fully saturated rings. The van der Waals surface area contributed by atoms with Gasteiger partial charge in [0.15, 0.2) is 11.5 Å². The third-order valence-electron chi connectivity index (χ3n) is 5.37. The lowest BCUT2D eigenvalue weighted by atomic mass is 10.1. The minimum absolute atomic E-state index is 0.153. The molecule has 1 N–H and O–H groups in total. The lowest BCUT2D eigenvalue weighted by molar-refractivity contribution is 0.580. The minimum atomic E-state index is -3.75. The van der Waals surface area contributed by atoms with E-state index in [9.17, 15) is 8.42 Å². The van der Waals surface area contributed by atoms with E-state index in [2.05, 4.69) is 25.0 Å². The van der Waals surface area contributed by atoms with Gasteiger partial charge in [-0.05, 0) is 37.1 Å². The molecular formula is C23H20N6O2S. The van der Waals surface area contributed by atoms with Crippen LogP contribution in [0.5, 0.6) is 0 Å². The highest BCUT2D eigenvalue weighted by atomic mass is 32.2. The fourth-order valence-electron chi connectivity index (χ4n) is 3.71. The summed E-state index contributed by atoms with van der Waals surface area (Å²) in [4.78, 5) is 4.21. The molecule has 160 valence electrons. The third-order valence-corrected chi connectivity index (χ3v) is 6.92. The molecule has 3 aromatic heterocycles. The van der Waals surface area contributed by atoms with E-state index in [4.69, 9.17) is 0 Å². The van der Waals surface area contributed by atoms with Gasteiger partial charge in [-0.3, -0.25) is 4.98 Å². The smallest absolute Gasteiger partial charge is 0.241 e. The molecule has 0 unspecified atom stereocenters. The lowest BCUT2D eigenvalue weighted by Gasteiger charge is -2.11. The van der Waals surface area contributed by atoms with E-state index in [0.717, 1.165) is 22.0 Å². The molecule has 2 aromatic carbocycles. The molecule has 0 bridgehead atoms. The van der Waals surface area contributed by atoms with Gasteiger partial charge < -0.3 is 0 Å². The second-order valence-electron chi connectivity index (χ2n) is 7.56. The van der Waals surface area contributed by atoms with Crippen molar-refractivity contribution in [2.24, 2.45) is 0 Å². The van der Waals surface area contributed by atoms with E-state index in [1.54, 1.807) is 42.0 Å². The van der Waals surface area contributed by atoms with Crippen LogP contribution in [-0.2, 0) is 16.6 Å². The van der Waals surface area contributed by atoms with Gasteiger partial charge >= 0.3 is 0 Å². The van der Waals surface area contributed by atoms with Crippen molar-refractivity contribution >= 4 is 26.4 Å². The van der Waals surface area contributed by atoms with Gasteiger partial charge in [0.2, 0.25) is 10.0 Å². The molecule has 0 saturated carbocycles. The highest BCUT2D eigenvalue weighted by Crippen LogP contribution is 2.27. The summed E-state index contributed by atoms with van der Waals surface area (Å²) >= 11 is 0. The zero-order chi connectivity index (χ0) is 22.3. The average molecular weight is 445 g/mol. The summed E-state index contributed by atoms with van der Waals surface area (Å²) in [5.41, 5.74) is 3.50. The van der Waals surface area contributed by atoms with E-state index < -0.39 is 10.0 Å². The molecule has 0 aliphatic heterocycles. The quantitative estimate of drug-likeness (QED) is 0.446. The summed E-state index contributed by atoms with van der Waals surface area (Å²) in [5, 5.41) is 15.3. The van der Waals surface area contributed by atoms with Crippen molar-refractivity contribution in [2.75, 3.05) is 0 Å². The highest BCUT2D eigenvalue weighted by molar-refractivity contribution is 7.89. The monoisotopic (exact) mass is 444 g/mol. The molecule has 0 radical (unpaired) electrons. The standard InChI is InChI=1S/C23H20N6O2S/c1-15-9-10-18(12-21(15)32(30,31)25-14-17-6-5-11-24-13-17)22-26-27-23-20-8-4-3-7-19(20)16(2)28-29(22)23/h3-13,25H,14H2,1-2H3. The Balaban J connectivity index is 1.57. The number of nitrogens with zero attached hydrogens (tertiary/aromatic N) is 5. The lowest BCUT2D eigenvalue weighted by Crippen LogP contribution is -2.24. The van der Waals surface area contributed by atoms with Crippen LogP contribution in [0.3, 0.4) is 0 Å². The van der Waals surface area contributed by atoms with Gasteiger partial charge in [-0.25, -0.2) is 13.1 Å². The van der Waals surface area contributed by atoms with Crippen LogP contribution in [0.15, 0.2) is 71.9 Å². The SMILES string of the molecule is Cc1ccc(-c2nnc3c4ccccc4c(C)nn23)cc1S(=O)(=O)NCc1cccnc1. The molecule has 5 aromatic rings. The van der Waals surface area contributed by atoms with Crippen LogP contribution in [0, 0.1) is 13.8 Å². The summed E-state index contributed by atoms with van der Waals surface area (Å²) in [6.45, 7) is 3.85. The molecule has 0 saturated heterocycles. The second kappa shape index (κ2) is 7.77. The third kappa shape index (κ3) is 3.51. The molecule has 0 amide bonds. The summed E-state index contributed by atoms with van der Waals surface area (Å²) in [6.07, 6.45) is 3.28. The predicted molar refractivity (Wildman–Crippen MR) is 121 cm³/mol. The average Bonchev–Trinajstić information content (AvgIpc) is 3.23. The Morgan fingerprint density at radius 1 is 0.969 bits per heavy atom. The first-order valence-electron chi connectivity index (χ1n) is 10.0. The second-order valence-corrected chi connectivity index (χ2v) is 9.29. The molecule has 32 heavy (non-hydrogen) atoms. The Bertz CT molecular complexity index is 1560. The molecule has 9 heteroatoms. The number of hydrogen-bond donors (Lipinski definition) is 1. The summed E-state index contributed by atoms with van der Waals surface area (Å²) in [7, 11) is -3.75. The molecule has 0 aliphatic carbocycles. The Morgan fingerprint density at radius 2 is 1.78 bits per heavy atom. The number of rotatable bonds is 5. The summed E-state index contributed by atoms with van der Waals surface area (Å²) in [5.74, 6) is 0.484. The number of nitrogens with one attached hydrogen (secondary N) is 1. The molecular weight excluding hydrogens is 424 g/mol. The maximum absolute atomic E-state index is 13.1. The van der Waals surface area contributed by atoms with Crippen molar-refractivity contribution < 1.29 is 8.42 Å². The number of pyridine rings is 1. The van der Waals surface area contributed by atoms with Crippen molar-refractivity contribution in [1.82, 2.24) is 29.5 Å². The number of benzene rings is 2. The minimum Gasteiger partial charge on any atom is -0.264 e. The van der Waals surface area contributed by atoms with E-state index in [1.807, 2.05) is 43.3 Å².